The first-order valence-corrected chi connectivity index (χ1v) is 18.5. The van der Waals surface area contributed by atoms with Crippen LogP contribution in [0.15, 0.2) is 60.8 Å². The SMILES string of the molecule is COC(=O)N[C@H](C(=O)N1CCC[C@H]1c1ncc(-c2ccc3nc(-c4ccc(CNC(=O)[C@@H]5CCCN5C(=O)[C@@H](N)C(C)C)cc4)ccc3c2)[nH]1)C(C)C. The van der Waals surface area contributed by atoms with E-state index in [0.29, 0.717) is 31.9 Å². The molecule has 2 fully saturated rings. The number of carbonyl (C=O) groups excluding carboxylic acids is 4. The van der Waals surface area contributed by atoms with Gasteiger partial charge in [0.05, 0.1) is 42.3 Å². The van der Waals surface area contributed by atoms with Gasteiger partial charge in [-0.1, -0.05) is 64.1 Å². The lowest BCUT2D eigenvalue weighted by Gasteiger charge is -2.30. The number of nitrogens with zero attached hydrogens (tertiary/aromatic N) is 4. The fourth-order valence-electron chi connectivity index (χ4n) is 7.18. The van der Waals surface area contributed by atoms with Crippen LogP contribution in [0.25, 0.3) is 33.4 Å². The van der Waals surface area contributed by atoms with Gasteiger partial charge >= 0.3 is 6.09 Å². The number of nitrogens with two attached hydrogens (primary N) is 1. The number of alkyl carbamates (subject to hydrolysis) is 1. The first kappa shape index (κ1) is 37.5. The van der Waals surface area contributed by atoms with Crippen LogP contribution in [0.2, 0.25) is 0 Å². The summed E-state index contributed by atoms with van der Waals surface area (Å²) in [4.78, 5) is 67.8. The Kier molecular flexibility index (Phi) is 11.4. The summed E-state index contributed by atoms with van der Waals surface area (Å²) in [5, 5.41) is 6.67. The monoisotopic (exact) mass is 722 g/mol. The number of H-pyrrole nitrogens is 1. The highest BCUT2D eigenvalue weighted by atomic mass is 16.5. The van der Waals surface area contributed by atoms with Gasteiger partial charge in [0, 0.05) is 36.1 Å². The summed E-state index contributed by atoms with van der Waals surface area (Å²) in [6.45, 7) is 9.12. The predicted molar refractivity (Wildman–Crippen MR) is 202 cm³/mol. The third-order valence-corrected chi connectivity index (χ3v) is 10.4. The molecule has 2 aliphatic heterocycles. The minimum Gasteiger partial charge on any atom is -0.453 e. The maximum Gasteiger partial charge on any atom is 0.407 e. The molecule has 0 unspecified atom stereocenters. The van der Waals surface area contributed by atoms with E-state index in [1.165, 1.54) is 7.11 Å². The quantitative estimate of drug-likeness (QED) is 0.169. The fraction of sp³-hybridized carbons (Fsp3) is 0.450. The van der Waals surface area contributed by atoms with Gasteiger partial charge in [0.1, 0.15) is 17.9 Å². The minimum absolute atomic E-state index is 0.00830. The van der Waals surface area contributed by atoms with Gasteiger partial charge in [0.25, 0.3) is 0 Å². The molecule has 13 nitrogen and oxygen atoms in total. The van der Waals surface area contributed by atoms with E-state index in [0.717, 1.165) is 58.2 Å². The maximum absolute atomic E-state index is 13.5. The van der Waals surface area contributed by atoms with E-state index >= 15 is 0 Å². The molecule has 53 heavy (non-hydrogen) atoms. The molecule has 4 amide bonds. The number of carbonyl (C=O) groups is 4. The Morgan fingerprint density at radius 2 is 1.62 bits per heavy atom. The minimum atomic E-state index is -0.692. The summed E-state index contributed by atoms with van der Waals surface area (Å²) < 4.78 is 4.75. The first-order valence-electron chi connectivity index (χ1n) is 18.5. The van der Waals surface area contributed by atoms with Crippen LogP contribution in [0.4, 0.5) is 4.79 Å². The van der Waals surface area contributed by atoms with Crippen molar-refractivity contribution in [3.63, 3.8) is 0 Å². The number of aromatic nitrogens is 3. The number of aromatic amines is 1. The van der Waals surface area contributed by atoms with Crippen molar-refractivity contribution in [2.24, 2.45) is 17.6 Å². The van der Waals surface area contributed by atoms with E-state index in [1.807, 2.05) is 76.2 Å². The molecule has 13 heteroatoms. The number of ether oxygens (including phenoxy) is 1. The summed E-state index contributed by atoms with van der Waals surface area (Å²) in [7, 11) is 1.29. The molecule has 0 spiro atoms. The fourth-order valence-corrected chi connectivity index (χ4v) is 7.18. The van der Waals surface area contributed by atoms with Crippen LogP contribution in [0, 0.1) is 11.8 Å². The van der Waals surface area contributed by atoms with E-state index < -0.39 is 24.2 Å². The zero-order valence-corrected chi connectivity index (χ0v) is 31.1. The van der Waals surface area contributed by atoms with Crippen LogP contribution >= 0.6 is 0 Å². The molecule has 0 radical (unpaired) electrons. The number of amides is 4. The van der Waals surface area contributed by atoms with Crippen molar-refractivity contribution in [2.45, 2.75) is 84.1 Å². The van der Waals surface area contributed by atoms with Crippen LogP contribution in [0.1, 0.15) is 70.8 Å². The second-order valence-corrected chi connectivity index (χ2v) is 14.7. The predicted octanol–water partition coefficient (Wildman–Crippen LogP) is 4.93. The summed E-state index contributed by atoms with van der Waals surface area (Å²) >= 11 is 0. The number of hydrogen-bond acceptors (Lipinski definition) is 8. The van der Waals surface area contributed by atoms with E-state index in [9.17, 15) is 19.2 Å². The molecule has 2 aromatic carbocycles. The second-order valence-electron chi connectivity index (χ2n) is 14.7. The molecule has 4 heterocycles. The lowest BCUT2D eigenvalue weighted by atomic mass is 10.0. The van der Waals surface area contributed by atoms with Crippen LogP contribution in [-0.4, -0.2) is 86.9 Å². The second kappa shape index (κ2) is 16.2. The molecule has 0 aliphatic carbocycles. The molecule has 5 N–H and O–H groups in total. The average molecular weight is 723 g/mol. The highest BCUT2D eigenvalue weighted by Gasteiger charge is 2.38. The van der Waals surface area contributed by atoms with Gasteiger partial charge in [-0.15, -0.1) is 0 Å². The Morgan fingerprint density at radius 3 is 2.34 bits per heavy atom. The van der Waals surface area contributed by atoms with Crippen molar-refractivity contribution in [1.29, 1.82) is 0 Å². The van der Waals surface area contributed by atoms with E-state index in [-0.39, 0.29) is 35.6 Å². The van der Waals surface area contributed by atoms with Crippen LogP contribution in [0.3, 0.4) is 0 Å². The number of pyridine rings is 1. The lowest BCUT2D eigenvalue weighted by Crippen LogP contribution is -2.52. The number of benzene rings is 2. The number of nitrogens with one attached hydrogen (secondary N) is 3. The number of hydrogen-bond donors (Lipinski definition) is 4. The standard InChI is InChI=1S/C40H50N8O5/c1-23(2)34(41)38(50)48-19-7-9-33(48)37(49)43-21-25-10-12-26(13-11-25)29-16-14-27-20-28(15-17-30(27)44-29)31-22-42-36(45-31)32-8-6-18-47(32)39(51)35(24(3)4)46-40(52)53-5/h10-17,20,22-24,32-35H,6-9,18-19,21,41H2,1-5H3,(H,42,45)(H,43,49)(H,46,52)/t32-,33-,34-,35-/m0/s1. The molecule has 2 saturated heterocycles. The Hall–Kier alpha value is -5.30. The lowest BCUT2D eigenvalue weighted by molar-refractivity contribution is -0.140. The first-order chi connectivity index (χ1) is 25.4. The topological polar surface area (TPSA) is 176 Å². The van der Waals surface area contributed by atoms with Gasteiger partial charge in [-0.3, -0.25) is 14.4 Å². The Balaban J connectivity index is 1.09. The van der Waals surface area contributed by atoms with Gasteiger partial charge < -0.3 is 35.9 Å². The molecular weight excluding hydrogens is 672 g/mol. The molecule has 4 aromatic rings. The molecular formula is C40H50N8O5. The van der Waals surface area contributed by atoms with E-state index in [1.54, 1.807) is 16.0 Å². The zero-order valence-electron chi connectivity index (χ0n) is 31.1. The molecule has 2 aromatic heterocycles. The van der Waals surface area contributed by atoms with Gasteiger partial charge in [-0.05, 0) is 61.3 Å². The summed E-state index contributed by atoms with van der Waals surface area (Å²) in [5.74, 6) is 0.152. The van der Waals surface area contributed by atoms with Crippen molar-refractivity contribution in [2.75, 3.05) is 20.2 Å². The Labute approximate surface area is 310 Å². The Bertz CT molecular complexity index is 1960. The van der Waals surface area contributed by atoms with Gasteiger partial charge in [-0.2, -0.15) is 0 Å². The third kappa shape index (κ3) is 8.20. The molecule has 4 atom stereocenters. The van der Waals surface area contributed by atoms with Crippen molar-refractivity contribution < 1.29 is 23.9 Å². The van der Waals surface area contributed by atoms with Crippen molar-refractivity contribution >= 4 is 34.7 Å². The molecule has 6 rings (SSSR count). The van der Waals surface area contributed by atoms with E-state index in [4.69, 9.17) is 15.5 Å². The van der Waals surface area contributed by atoms with Crippen LogP contribution in [0.5, 0.6) is 0 Å². The summed E-state index contributed by atoms with van der Waals surface area (Å²) in [6.07, 6.45) is 4.21. The van der Waals surface area contributed by atoms with Crippen molar-refractivity contribution in [3.05, 3.63) is 72.2 Å². The van der Waals surface area contributed by atoms with Gasteiger partial charge in [0.15, 0.2) is 0 Å². The number of imidazole rings is 1. The highest BCUT2D eigenvalue weighted by Crippen LogP contribution is 2.33. The molecule has 2 aliphatic rings. The summed E-state index contributed by atoms with van der Waals surface area (Å²) in [5.41, 5.74) is 11.5. The molecule has 0 saturated carbocycles. The number of rotatable bonds is 11. The highest BCUT2D eigenvalue weighted by molar-refractivity contribution is 5.90. The van der Waals surface area contributed by atoms with Crippen molar-refractivity contribution in [1.82, 2.24) is 35.4 Å². The van der Waals surface area contributed by atoms with Gasteiger partial charge in [-0.25, -0.2) is 14.8 Å². The number of likely N-dealkylation sites (tertiary alicyclic amines) is 2. The van der Waals surface area contributed by atoms with Crippen LogP contribution < -0.4 is 16.4 Å². The molecule has 0 bridgehead atoms. The third-order valence-electron chi connectivity index (χ3n) is 10.4. The Morgan fingerprint density at radius 1 is 0.906 bits per heavy atom. The van der Waals surface area contributed by atoms with Crippen molar-refractivity contribution in [3.8, 4) is 22.5 Å². The summed E-state index contributed by atoms with van der Waals surface area (Å²) in [6, 6.07) is 16.0. The molecule has 280 valence electrons. The average Bonchev–Trinajstić information content (AvgIpc) is 3.96. The largest absolute Gasteiger partial charge is 0.453 e. The number of methoxy groups -OCH3 is 1. The van der Waals surface area contributed by atoms with E-state index in [2.05, 4.69) is 26.7 Å². The van der Waals surface area contributed by atoms with Gasteiger partial charge in [0.2, 0.25) is 17.7 Å². The van der Waals surface area contributed by atoms with Crippen LogP contribution in [-0.2, 0) is 25.7 Å². The zero-order chi connectivity index (χ0) is 37.8. The normalized spacial score (nSPS) is 18.4. The smallest absolute Gasteiger partial charge is 0.407 e. The number of fused-ring (bicyclic) bond motifs is 1. The maximum atomic E-state index is 13.5.